The molecule has 3 aromatic rings. The molecule has 0 radical (unpaired) electrons. The van der Waals surface area contributed by atoms with Crippen LogP contribution in [-0.4, -0.2) is 36.1 Å². The minimum Gasteiger partial charge on any atom is -0.493 e. The number of benzene rings is 2. The Bertz CT molecular complexity index is 1110. The van der Waals surface area contributed by atoms with Gasteiger partial charge in [-0.05, 0) is 50.5 Å². The maximum absolute atomic E-state index is 13.0. The smallest absolute Gasteiger partial charge is 0.312 e. The summed E-state index contributed by atoms with van der Waals surface area (Å²) in [5.41, 5.74) is 3.56. The Labute approximate surface area is 191 Å². The van der Waals surface area contributed by atoms with Crippen LogP contribution in [0.3, 0.4) is 0 Å². The van der Waals surface area contributed by atoms with Gasteiger partial charge in [-0.3, -0.25) is 9.59 Å². The number of para-hydroxylation sites is 2. The van der Waals surface area contributed by atoms with Crippen LogP contribution >= 0.6 is 11.3 Å². The van der Waals surface area contributed by atoms with Crippen molar-refractivity contribution in [2.24, 2.45) is 0 Å². The number of carbonyl (C=O) groups excluding carboxylic acids is 2. The summed E-state index contributed by atoms with van der Waals surface area (Å²) in [6.07, 6.45) is 1.01. The molecule has 0 aliphatic carbocycles. The first-order chi connectivity index (χ1) is 15.6. The van der Waals surface area contributed by atoms with E-state index in [1.165, 1.54) is 11.3 Å². The lowest BCUT2D eigenvalue weighted by Gasteiger charge is -2.31. The van der Waals surface area contributed by atoms with E-state index in [4.69, 9.17) is 9.47 Å². The predicted molar refractivity (Wildman–Crippen MR) is 125 cm³/mol. The van der Waals surface area contributed by atoms with E-state index in [-0.39, 0.29) is 12.3 Å². The Morgan fingerprint density at radius 1 is 1.16 bits per heavy atom. The lowest BCUT2D eigenvalue weighted by Crippen LogP contribution is -2.42. The van der Waals surface area contributed by atoms with Gasteiger partial charge in [-0.25, -0.2) is 4.98 Å². The summed E-state index contributed by atoms with van der Waals surface area (Å²) < 4.78 is 11.1. The maximum atomic E-state index is 13.0. The highest BCUT2D eigenvalue weighted by atomic mass is 32.1. The summed E-state index contributed by atoms with van der Waals surface area (Å²) in [5, 5.41) is 2.62. The zero-order valence-corrected chi connectivity index (χ0v) is 19.1. The first kappa shape index (κ1) is 22.0. The van der Waals surface area contributed by atoms with E-state index in [0.29, 0.717) is 18.8 Å². The summed E-state index contributed by atoms with van der Waals surface area (Å²) in [6.45, 7) is 4.76. The molecule has 0 fully saturated rings. The Hall–Kier alpha value is -3.19. The first-order valence-corrected chi connectivity index (χ1v) is 11.7. The molecule has 0 saturated heterocycles. The van der Waals surface area contributed by atoms with Crippen LogP contribution in [0.1, 0.15) is 31.5 Å². The van der Waals surface area contributed by atoms with Gasteiger partial charge in [0.25, 0.3) is 5.91 Å². The molecule has 166 valence electrons. The number of aromatic nitrogens is 1. The molecular weight excluding hydrogens is 424 g/mol. The third-order valence-corrected chi connectivity index (χ3v) is 6.25. The highest BCUT2D eigenvalue weighted by Gasteiger charge is 2.28. The van der Waals surface area contributed by atoms with Crippen LogP contribution < -0.4 is 9.64 Å². The summed E-state index contributed by atoms with van der Waals surface area (Å²) >= 11 is 1.45. The lowest BCUT2D eigenvalue weighted by molar-refractivity contribution is -0.153. The van der Waals surface area contributed by atoms with Gasteiger partial charge in [-0.15, -0.1) is 11.3 Å². The second-order valence-corrected chi connectivity index (χ2v) is 8.46. The summed E-state index contributed by atoms with van der Waals surface area (Å²) in [4.78, 5) is 31.8. The van der Waals surface area contributed by atoms with Crippen LogP contribution in [0.4, 0.5) is 5.69 Å². The SMILES string of the molecule is CCOc1ccccc1-c1nc(CC(=O)OC(C)C(=O)N2CCCc3ccccc32)cs1. The average Bonchev–Trinajstić information content (AvgIpc) is 3.26. The van der Waals surface area contributed by atoms with E-state index >= 15 is 0 Å². The molecule has 6 nitrogen and oxygen atoms in total. The van der Waals surface area contributed by atoms with Crippen LogP contribution in [-0.2, 0) is 27.2 Å². The van der Waals surface area contributed by atoms with E-state index < -0.39 is 12.1 Å². The molecule has 1 atom stereocenters. The van der Waals surface area contributed by atoms with Crippen molar-refractivity contribution < 1.29 is 19.1 Å². The third-order valence-electron chi connectivity index (χ3n) is 5.33. The van der Waals surface area contributed by atoms with Gasteiger partial charge in [0.05, 0.1) is 24.3 Å². The number of hydrogen-bond acceptors (Lipinski definition) is 6. The molecule has 1 unspecified atom stereocenters. The van der Waals surface area contributed by atoms with E-state index in [1.54, 1.807) is 11.8 Å². The number of nitrogens with zero attached hydrogens (tertiary/aromatic N) is 2. The second-order valence-electron chi connectivity index (χ2n) is 7.60. The molecule has 0 spiro atoms. The van der Waals surface area contributed by atoms with E-state index in [0.717, 1.165) is 40.4 Å². The number of hydrogen-bond donors (Lipinski definition) is 0. The van der Waals surface area contributed by atoms with Crippen molar-refractivity contribution in [2.45, 2.75) is 39.2 Å². The largest absolute Gasteiger partial charge is 0.493 e. The summed E-state index contributed by atoms with van der Waals surface area (Å²) in [5.74, 6) is 0.0979. The average molecular weight is 451 g/mol. The number of aryl methyl sites for hydroxylation is 1. The highest BCUT2D eigenvalue weighted by molar-refractivity contribution is 7.13. The fourth-order valence-corrected chi connectivity index (χ4v) is 4.70. The molecule has 1 aliphatic heterocycles. The van der Waals surface area contributed by atoms with Crippen LogP contribution in [0, 0.1) is 0 Å². The van der Waals surface area contributed by atoms with Crippen molar-refractivity contribution >= 4 is 28.9 Å². The van der Waals surface area contributed by atoms with Gasteiger partial charge in [0, 0.05) is 17.6 Å². The van der Waals surface area contributed by atoms with Crippen molar-refractivity contribution in [3.63, 3.8) is 0 Å². The number of rotatable bonds is 7. The number of fused-ring (bicyclic) bond motifs is 1. The molecule has 32 heavy (non-hydrogen) atoms. The van der Waals surface area contributed by atoms with E-state index in [2.05, 4.69) is 4.98 Å². The zero-order valence-electron chi connectivity index (χ0n) is 18.2. The normalized spacial score (nSPS) is 13.9. The number of carbonyl (C=O) groups is 2. The van der Waals surface area contributed by atoms with Crippen LogP contribution in [0.25, 0.3) is 10.6 Å². The number of amides is 1. The Morgan fingerprint density at radius 3 is 2.78 bits per heavy atom. The first-order valence-electron chi connectivity index (χ1n) is 10.8. The van der Waals surface area contributed by atoms with Crippen LogP contribution in [0.5, 0.6) is 5.75 Å². The summed E-state index contributed by atoms with van der Waals surface area (Å²) in [6, 6.07) is 15.6. The molecule has 1 amide bonds. The van der Waals surface area contributed by atoms with Gasteiger partial charge in [-0.1, -0.05) is 30.3 Å². The standard InChI is InChI=1S/C25H26N2O4S/c1-3-30-22-13-7-5-11-20(22)24-26-19(16-32-24)15-23(28)31-17(2)25(29)27-14-8-10-18-9-4-6-12-21(18)27/h4-7,9,11-13,16-17H,3,8,10,14-15H2,1-2H3. The van der Waals surface area contributed by atoms with Crippen LogP contribution in [0.15, 0.2) is 53.9 Å². The molecule has 0 bridgehead atoms. The third kappa shape index (κ3) is 4.83. The van der Waals surface area contributed by atoms with Gasteiger partial charge >= 0.3 is 5.97 Å². The van der Waals surface area contributed by atoms with Gasteiger partial charge in [-0.2, -0.15) is 0 Å². The minimum absolute atomic E-state index is 0.0154. The number of thiazole rings is 1. The monoisotopic (exact) mass is 450 g/mol. The molecule has 0 N–H and O–H groups in total. The van der Waals surface area contributed by atoms with Gasteiger partial charge < -0.3 is 14.4 Å². The quantitative estimate of drug-likeness (QED) is 0.490. The highest BCUT2D eigenvalue weighted by Crippen LogP contribution is 2.32. The fourth-order valence-electron chi connectivity index (χ4n) is 3.86. The van der Waals surface area contributed by atoms with Crippen molar-refractivity contribution in [3.05, 3.63) is 65.2 Å². The van der Waals surface area contributed by atoms with Crippen molar-refractivity contribution in [1.82, 2.24) is 4.98 Å². The van der Waals surface area contributed by atoms with E-state index in [1.807, 2.05) is 60.8 Å². The lowest BCUT2D eigenvalue weighted by atomic mass is 10.0. The number of esters is 1. The summed E-state index contributed by atoms with van der Waals surface area (Å²) in [7, 11) is 0. The Kier molecular flexibility index (Phi) is 6.85. The van der Waals surface area contributed by atoms with Gasteiger partial charge in [0.15, 0.2) is 6.10 Å². The second kappa shape index (κ2) is 9.96. The zero-order chi connectivity index (χ0) is 22.5. The Balaban J connectivity index is 1.39. The van der Waals surface area contributed by atoms with Crippen molar-refractivity contribution in [3.8, 4) is 16.3 Å². The topological polar surface area (TPSA) is 68.7 Å². The molecule has 2 heterocycles. The van der Waals surface area contributed by atoms with Crippen molar-refractivity contribution in [2.75, 3.05) is 18.1 Å². The van der Waals surface area contributed by atoms with Crippen LogP contribution in [0.2, 0.25) is 0 Å². The Morgan fingerprint density at radius 2 is 1.94 bits per heavy atom. The number of anilines is 1. The van der Waals surface area contributed by atoms with Gasteiger partial charge in [0.2, 0.25) is 0 Å². The molecule has 4 rings (SSSR count). The number of ether oxygens (including phenoxy) is 2. The maximum Gasteiger partial charge on any atom is 0.312 e. The molecule has 0 saturated carbocycles. The molecule has 7 heteroatoms. The minimum atomic E-state index is -0.856. The molecule has 1 aromatic heterocycles. The molecular formula is C25H26N2O4S. The predicted octanol–water partition coefficient (Wildman–Crippen LogP) is 4.66. The fraction of sp³-hybridized carbons (Fsp3) is 0.320. The van der Waals surface area contributed by atoms with Gasteiger partial charge in [0.1, 0.15) is 10.8 Å². The molecule has 1 aliphatic rings. The van der Waals surface area contributed by atoms with Crippen molar-refractivity contribution in [1.29, 1.82) is 0 Å². The van der Waals surface area contributed by atoms with E-state index in [9.17, 15) is 9.59 Å². The molecule has 2 aromatic carbocycles.